The molecule has 208 valence electrons. The number of carbonyl (C=O) groups excluding carboxylic acids is 2. The van der Waals surface area contributed by atoms with Gasteiger partial charge in [0, 0.05) is 17.6 Å². The molecule has 3 aromatic carbocycles. The second-order valence-corrected chi connectivity index (χ2v) is 11.7. The van der Waals surface area contributed by atoms with Crippen molar-refractivity contribution < 1.29 is 22.7 Å². The quantitative estimate of drug-likeness (QED) is 0.357. The van der Waals surface area contributed by atoms with Crippen molar-refractivity contribution in [3.8, 4) is 5.75 Å². The Bertz CT molecular complexity index is 1390. The molecular formula is C29H34ClN3O5S. The zero-order valence-corrected chi connectivity index (χ0v) is 24.3. The molecular weight excluding hydrogens is 538 g/mol. The van der Waals surface area contributed by atoms with Crippen molar-refractivity contribution in [2.75, 3.05) is 18.0 Å². The molecule has 0 heterocycles. The van der Waals surface area contributed by atoms with Gasteiger partial charge in [0.15, 0.2) is 0 Å². The van der Waals surface area contributed by atoms with Crippen molar-refractivity contribution in [3.63, 3.8) is 0 Å². The number of hydrogen-bond acceptors (Lipinski definition) is 5. The van der Waals surface area contributed by atoms with Crippen molar-refractivity contribution in [2.45, 2.75) is 51.2 Å². The van der Waals surface area contributed by atoms with Crippen LogP contribution in [0.1, 0.15) is 31.9 Å². The van der Waals surface area contributed by atoms with Crippen LogP contribution < -0.4 is 14.4 Å². The summed E-state index contributed by atoms with van der Waals surface area (Å²) >= 11 is 6.06. The lowest BCUT2D eigenvalue weighted by molar-refractivity contribution is -0.139. The van der Waals surface area contributed by atoms with Crippen molar-refractivity contribution >= 4 is 39.1 Å². The first-order valence-electron chi connectivity index (χ1n) is 12.5. The van der Waals surface area contributed by atoms with Gasteiger partial charge in [-0.1, -0.05) is 35.9 Å². The Morgan fingerprint density at radius 1 is 0.949 bits per heavy atom. The third-order valence-corrected chi connectivity index (χ3v) is 8.28. The summed E-state index contributed by atoms with van der Waals surface area (Å²) in [6.07, 6.45) is 0. The maximum atomic E-state index is 13.9. The number of amides is 2. The minimum atomic E-state index is -4.18. The first-order chi connectivity index (χ1) is 18.4. The zero-order valence-electron chi connectivity index (χ0n) is 22.7. The molecule has 39 heavy (non-hydrogen) atoms. The summed E-state index contributed by atoms with van der Waals surface area (Å²) in [7, 11) is -2.69. The number of anilines is 1. The fraction of sp³-hybridized carbons (Fsp3) is 0.310. The van der Waals surface area contributed by atoms with Crippen LogP contribution in [0.25, 0.3) is 0 Å². The highest BCUT2D eigenvalue weighted by Crippen LogP contribution is 2.27. The van der Waals surface area contributed by atoms with Crippen LogP contribution in [0, 0.1) is 6.92 Å². The first-order valence-corrected chi connectivity index (χ1v) is 14.3. The van der Waals surface area contributed by atoms with Crippen LogP contribution in [0.15, 0.2) is 77.7 Å². The van der Waals surface area contributed by atoms with Crippen LogP contribution in [0.4, 0.5) is 5.69 Å². The summed E-state index contributed by atoms with van der Waals surface area (Å²) in [6.45, 7) is 6.84. The molecule has 0 bridgehead atoms. The van der Waals surface area contributed by atoms with Crippen LogP contribution in [0.5, 0.6) is 5.75 Å². The summed E-state index contributed by atoms with van der Waals surface area (Å²) in [5, 5.41) is 3.27. The van der Waals surface area contributed by atoms with Crippen molar-refractivity contribution in [3.05, 3.63) is 88.9 Å². The number of sulfonamides is 1. The third kappa shape index (κ3) is 7.52. The van der Waals surface area contributed by atoms with Crippen LogP contribution in [0.3, 0.4) is 0 Å². The number of rotatable bonds is 11. The molecule has 0 fully saturated rings. The van der Waals surface area contributed by atoms with Gasteiger partial charge < -0.3 is 15.0 Å². The Morgan fingerprint density at radius 2 is 1.56 bits per heavy atom. The molecule has 1 N–H and O–H groups in total. The van der Waals surface area contributed by atoms with Gasteiger partial charge in [-0.15, -0.1) is 0 Å². The second kappa shape index (κ2) is 13.0. The predicted octanol–water partition coefficient (Wildman–Crippen LogP) is 4.79. The minimum Gasteiger partial charge on any atom is -0.497 e. The number of ether oxygens (including phenoxy) is 1. The van der Waals surface area contributed by atoms with E-state index in [2.05, 4.69) is 5.32 Å². The van der Waals surface area contributed by atoms with E-state index in [1.165, 1.54) is 48.4 Å². The Balaban J connectivity index is 2.04. The number of carbonyl (C=O) groups is 2. The minimum absolute atomic E-state index is 0.0119. The SMILES string of the molecule is COc1ccc(S(=O)(=O)N(CC(=O)N(Cc2ccccc2C)[C@H](C)C(=O)NC(C)C)c2ccc(Cl)cc2)cc1. The van der Waals surface area contributed by atoms with Crippen LogP contribution in [0.2, 0.25) is 5.02 Å². The number of halogens is 1. The molecule has 0 saturated carbocycles. The topological polar surface area (TPSA) is 96.0 Å². The summed E-state index contributed by atoms with van der Waals surface area (Å²) in [4.78, 5) is 28.3. The Labute approximate surface area is 235 Å². The summed E-state index contributed by atoms with van der Waals surface area (Å²) in [6, 6.07) is 18.7. The number of benzene rings is 3. The van der Waals surface area contributed by atoms with E-state index in [9.17, 15) is 18.0 Å². The molecule has 10 heteroatoms. The fourth-order valence-electron chi connectivity index (χ4n) is 3.97. The lowest BCUT2D eigenvalue weighted by Crippen LogP contribution is -2.52. The Hall–Kier alpha value is -3.56. The van der Waals surface area contributed by atoms with E-state index in [0.717, 1.165) is 15.4 Å². The van der Waals surface area contributed by atoms with Gasteiger partial charge in [0.05, 0.1) is 17.7 Å². The number of nitrogens with one attached hydrogen (secondary N) is 1. The summed E-state index contributed by atoms with van der Waals surface area (Å²) in [5.41, 5.74) is 2.07. The molecule has 8 nitrogen and oxygen atoms in total. The van der Waals surface area contributed by atoms with Gasteiger partial charge in [0.1, 0.15) is 18.3 Å². The predicted molar refractivity (Wildman–Crippen MR) is 153 cm³/mol. The number of nitrogens with zero attached hydrogens (tertiary/aromatic N) is 2. The molecule has 0 spiro atoms. The van der Waals surface area contributed by atoms with Gasteiger partial charge in [-0.2, -0.15) is 0 Å². The summed E-state index contributed by atoms with van der Waals surface area (Å²) < 4.78 is 33.9. The van der Waals surface area contributed by atoms with Crippen molar-refractivity contribution in [1.82, 2.24) is 10.2 Å². The molecule has 3 rings (SSSR count). The molecule has 3 aromatic rings. The smallest absolute Gasteiger partial charge is 0.264 e. The second-order valence-electron chi connectivity index (χ2n) is 9.45. The largest absolute Gasteiger partial charge is 0.497 e. The van der Waals surface area contributed by atoms with E-state index in [-0.39, 0.29) is 29.1 Å². The molecule has 1 atom stereocenters. The average Bonchev–Trinajstić information content (AvgIpc) is 2.91. The Morgan fingerprint density at radius 3 is 2.13 bits per heavy atom. The standard InChI is InChI=1S/C29H34ClN3O5S/c1-20(2)31-29(35)22(4)32(18-23-9-7-6-8-21(23)3)28(34)19-33(25-12-10-24(30)11-13-25)39(36,37)27-16-14-26(38-5)15-17-27/h6-17,20,22H,18-19H2,1-5H3,(H,31,35)/t22-/m1/s1. The normalized spacial score (nSPS) is 12.1. The third-order valence-electron chi connectivity index (χ3n) is 6.24. The molecule has 0 aliphatic heterocycles. The molecule has 0 unspecified atom stereocenters. The molecule has 2 amide bonds. The highest BCUT2D eigenvalue weighted by molar-refractivity contribution is 7.92. The molecule has 0 aliphatic rings. The highest BCUT2D eigenvalue weighted by Gasteiger charge is 2.33. The van der Waals surface area contributed by atoms with Gasteiger partial charge in [-0.25, -0.2) is 8.42 Å². The van der Waals surface area contributed by atoms with Gasteiger partial charge in [0.25, 0.3) is 10.0 Å². The fourth-order valence-corrected chi connectivity index (χ4v) is 5.51. The maximum Gasteiger partial charge on any atom is 0.264 e. The van der Waals surface area contributed by atoms with E-state index in [4.69, 9.17) is 16.3 Å². The highest BCUT2D eigenvalue weighted by atomic mass is 35.5. The monoisotopic (exact) mass is 571 g/mol. The average molecular weight is 572 g/mol. The number of methoxy groups -OCH3 is 1. The molecule has 0 radical (unpaired) electrons. The maximum absolute atomic E-state index is 13.9. The van der Waals surface area contributed by atoms with Crippen LogP contribution in [-0.4, -0.2) is 50.9 Å². The number of hydrogen-bond donors (Lipinski definition) is 1. The van der Waals surface area contributed by atoms with Crippen molar-refractivity contribution in [1.29, 1.82) is 0 Å². The lowest BCUT2D eigenvalue weighted by atomic mass is 10.1. The van der Waals surface area contributed by atoms with Gasteiger partial charge in [0.2, 0.25) is 11.8 Å². The van der Waals surface area contributed by atoms with E-state index in [0.29, 0.717) is 10.8 Å². The molecule has 0 aromatic heterocycles. The van der Waals surface area contributed by atoms with E-state index in [1.54, 1.807) is 19.1 Å². The lowest BCUT2D eigenvalue weighted by Gasteiger charge is -2.32. The van der Waals surface area contributed by atoms with E-state index < -0.39 is 28.5 Å². The van der Waals surface area contributed by atoms with Crippen molar-refractivity contribution in [2.24, 2.45) is 0 Å². The van der Waals surface area contributed by atoms with Gasteiger partial charge >= 0.3 is 0 Å². The van der Waals surface area contributed by atoms with E-state index >= 15 is 0 Å². The first kappa shape index (κ1) is 30.0. The van der Waals surface area contributed by atoms with Gasteiger partial charge in [-0.05, 0) is 87.4 Å². The molecule has 0 saturated heterocycles. The number of aryl methyl sites for hydroxylation is 1. The van der Waals surface area contributed by atoms with E-state index in [1.807, 2.05) is 45.0 Å². The summed E-state index contributed by atoms with van der Waals surface area (Å²) in [5.74, 6) is -0.364. The zero-order chi connectivity index (χ0) is 28.7. The van der Waals surface area contributed by atoms with Crippen LogP contribution in [-0.2, 0) is 26.2 Å². The van der Waals surface area contributed by atoms with Gasteiger partial charge in [-0.3, -0.25) is 13.9 Å². The molecule has 0 aliphatic carbocycles. The Kier molecular flexibility index (Phi) is 9.99. The van der Waals surface area contributed by atoms with Crippen LogP contribution >= 0.6 is 11.6 Å².